The van der Waals surface area contributed by atoms with E-state index >= 15 is 0 Å². The molecule has 0 saturated heterocycles. The third kappa shape index (κ3) is 3.59. The van der Waals surface area contributed by atoms with E-state index in [1.165, 1.54) is 10.9 Å². The first-order valence-electron chi connectivity index (χ1n) is 8.98. The summed E-state index contributed by atoms with van der Waals surface area (Å²) in [5, 5.41) is 12.4. The van der Waals surface area contributed by atoms with Crippen LogP contribution in [0.3, 0.4) is 0 Å². The molecule has 0 radical (unpaired) electrons. The monoisotopic (exact) mass is 363 g/mol. The molecule has 2 atom stereocenters. The highest BCUT2D eigenvalue weighted by Gasteiger charge is 2.57. The molecule has 0 bridgehead atoms. The summed E-state index contributed by atoms with van der Waals surface area (Å²) in [6.45, 7) is 8.44. The molecule has 1 saturated carbocycles. The Labute approximate surface area is 154 Å². The fourth-order valence-corrected chi connectivity index (χ4v) is 3.67. The normalized spacial score (nSPS) is 24.1. The molecular weight excluding hydrogens is 334 g/mol. The average molecular weight is 363 g/mol. The van der Waals surface area contributed by atoms with Gasteiger partial charge >= 0.3 is 0 Å². The van der Waals surface area contributed by atoms with Gasteiger partial charge in [-0.2, -0.15) is 5.10 Å². The van der Waals surface area contributed by atoms with E-state index in [1.807, 2.05) is 27.7 Å². The number of aromatic nitrogens is 2. The molecule has 26 heavy (non-hydrogen) atoms. The predicted octanol–water partition coefficient (Wildman–Crippen LogP) is 1.15. The second-order valence-electron chi connectivity index (χ2n) is 7.59. The van der Waals surface area contributed by atoms with Gasteiger partial charge in [0.25, 0.3) is 0 Å². The predicted molar refractivity (Wildman–Crippen MR) is 98.2 cm³/mol. The van der Waals surface area contributed by atoms with Crippen molar-refractivity contribution in [2.24, 2.45) is 16.7 Å². The van der Waals surface area contributed by atoms with Crippen LogP contribution in [0.15, 0.2) is 12.4 Å². The van der Waals surface area contributed by atoms with Crippen LogP contribution in [0.2, 0.25) is 0 Å². The Morgan fingerprint density at radius 2 is 2.00 bits per heavy atom. The highest BCUT2D eigenvalue weighted by Crippen LogP contribution is 2.56. The van der Waals surface area contributed by atoms with Crippen LogP contribution in [-0.4, -0.2) is 41.1 Å². The number of hydrogen-bond donors (Lipinski definition) is 3. The van der Waals surface area contributed by atoms with Crippen LogP contribution in [0, 0.1) is 16.7 Å². The van der Waals surface area contributed by atoms with Gasteiger partial charge in [0.05, 0.1) is 17.3 Å². The maximum absolute atomic E-state index is 13.0. The van der Waals surface area contributed by atoms with Gasteiger partial charge < -0.3 is 16.0 Å². The first-order chi connectivity index (χ1) is 12.2. The van der Waals surface area contributed by atoms with Gasteiger partial charge in [-0.15, -0.1) is 0 Å². The smallest absolute Gasteiger partial charge is 0.241 e. The summed E-state index contributed by atoms with van der Waals surface area (Å²) in [4.78, 5) is 36.8. The van der Waals surface area contributed by atoms with Crippen LogP contribution in [-0.2, 0) is 20.9 Å². The van der Waals surface area contributed by atoms with Gasteiger partial charge in [0.2, 0.25) is 17.7 Å². The fourth-order valence-electron chi connectivity index (χ4n) is 3.67. The molecule has 0 aliphatic heterocycles. The molecule has 0 aromatic carbocycles. The first kappa shape index (κ1) is 19.9. The lowest BCUT2D eigenvalue weighted by atomic mass is 9.65. The summed E-state index contributed by atoms with van der Waals surface area (Å²) >= 11 is 0. The van der Waals surface area contributed by atoms with Crippen molar-refractivity contribution < 1.29 is 14.4 Å². The number of carbonyl (C=O) groups is 3. The van der Waals surface area contributed by atoms with E-state index in [0.717, 1.165) is 0 Å². The molecule has 0 unspecified atom stereocenters. The highest BCUT2D eigenvalue weighted by atomic mass is 16.2. The molecule has 8 nitrogen and oxygen atoms in total. The Kier molecular flexibility index (Phi) is 5.73. The number of carbonyl (C=O) groups excluding carboxylic acids is 3. The number of amides is 3. The topological polar surface area (TPSA) is 105 Å². The molecule has 3 amide bonds. The van der Waals surface area contributed by atoms with Crippen LogP contribution in [0.25, 0.3) is 0 Å². The van der Waals surface area contributed by atoms with E-state index in [0.29, 0.717) is 25.1 Å². The zero-order valence-electron chi connectivity index (χ0n) is 16.2. The number of nitrogens with one attached hydrogen (secondary N) is 3. The number of anilines is 1. The van der Waals surface area contributed by atoms with Gasteiger partial charge in [0, 0.05) is 25.7 Å². The number of hydrogen-bond acceptors (Lipinski definition) is 4. The van der Waals surface area contributed by atoms with Gasteiger partial charge in [0.1, 0.15) is 6.54 Å². The van der Waals surface area contributed by atoms with Crippen molar-refractivity contribution in [3.05, 3.63) is 12.4 Å². The molecule has 0 spiro atoms. The summed E-state index contributed by atoms with van der Waals surface area (Å²) in [5.41, 5.74) is -0.613. The quantitative estimate of drug-likeness (QED) is 0.705. The lowest BCUT2D eigenvalue weighted by Gasteiger charge is -2.39. The van der Waals surface area contributed by atoms with Crippen molar-refractivity contribution in [3.63, 3.8) is 0 Å². The molecule has 144 valence electrons. The molecule has 1 heterocycles. The van der Waals surface area contributed by atoms with E-state index < -0.39 is 10.8 Å². The molecule has 1 aliphatic rings. The largest absolute Gasteiger partial charge is 0.358 e. The second kappa shape index (κ2) is 7.47. The van der Waals surface area contributed by atoms with Crippen LogP contribution < -0.4 is 16.0 Å². The zero-order valence-corrected chi connectivity index (χ0v) is 16.2. The first-order valence-corrected chi connectivity index (χ1v) is 8.98. The second-order valence-corrected chi connectivity index (χ2v) is 7.59. The van der Waals surface area contributed by atoms with Gasteiger partial charge in [0.15, 0.2) is 0 Å². The van der Waals surface area contributed by atoms with Gasteiger partial charge in [-0.1, -0.05) is 20.8 Å². The molecule has 8 heteroatoms. The van der Waals surface area contributed by atoms with Crippen LogP contribution in [0.5, 0.6) is 0 Å². The minimum absolute atomic E-state index is 0.00687. The molecular formula is C18H29N5O3. The van der Waals surface area contributed by atoms with Crippen LogP contribution >= 0.6 is 0 Å². The summed E-state index contributed by atoms with van der Waals surface area (Å²) in [7, 11) is 1.56. The standard InChI is InChI=1S/C18H29N5O3/c1-6-20-15(25)13-7-8-18(4,17(13,2)3)16(26)22-12-9-21-23(10-12)11-14(24)19-5/h9-10,13H,6-8,11H2,1-5H3,(H,19,24)(H,20,25)(H,22,26)/t13-,18+/m0/s1. The zero-order chi connectivity index (χ0) is 19.5. The summed E-state index contributed by atoms with van der Waals surface area (Å²) in [5.74, 6) is -0.491. The van der Waals surface area contributed by atoms with E-state index in [2.05, 4.69) is 21.0 Å². The van der Waals surface area contributed by atoms with Crippen molar-refractivity contribution >= 4 is 23.4 Å². The van der Waals surface area contributed by atoms with Crippen molar-refractivity contribution in [1.82, 2.24) is 20.4 Å². The van der Waals surface area contributed by atoms with E-state index in [-0.39, 0.29) is 30.2 Å². The molecule has 1 aromatic rings. The Hall–Kier alpha value is -2.38. The third-order valence-corrected chi connectivity index (χ3v) is 5.87. The highest BCUT2D eigenvalue weighted by molar-refractivity contribution is 5.96. The Morgan fingerprint density at radius 1 is 1.31 bits per heavy atom. The lowest BCUT2D eigenvalue weighted by Crippen LogP contribution is -2.47. The average Bonchev–Trinajstić information content (AvgIpc) is 3.10. The number of nitrogens with zero attached hydrogens (tertiary/aromatic N) is 2. The molecule has 2 rings (SSSR count). The Balaban J connectivity index is 2.11. The van der Waals surface area contributed by atoms with E-state index in [4.69, 9.17) is 0 Å². The van der Waals surface area contributed by atoms with Gasteiger partial charge in [-0.3, -0.25) is 19.1 Å². The van der Waals surface area contributed by atoms with Crippen LogP contribution in [0.4, 0.5) is 5.69 Å². The van der Waals surface area contributed by atoms with Gasteiger partial charge in [-0.25, -0.2) is 0 Å². The summed E-state index contributed by atoms with van der Waals surface area (Å²) in [6, 6.07) is 0. The summed E-state index contributed by atoms with van der Waals surface area (Å²) < 4.78 is 1.47. The van der Waals surface area contributed by atoms with Crippen LogP contribution in [0.1, 0.15) is 40.5 Å². The minimum Gasteiger partial charge on any atom is -0.358 e. The molecule has 1 fully saturated rings. The molecule has 3 N–H and O–H groups in total. The van der Waals surface area contributed by atoms with Gasteiger partial charge in [-0.05, 0) is 25.2 Å². The minimum atomic E-state index is -0.675. The van der Waals surface area contributed by atoms with Crippen molar-refractivity contribution in [1.29, 1.82) is 0 Å². The SMILES string of the molecule is CCNC(=O)[C@@H]1CC[C@](C)(C(=O)Nc2cnn(CC(=O)NC)c2)C1(C)C. The van der Waals surface area contributed by atoms with Crippen molar-refractivity contribution in [2.45, 2.75) is 47.1 Å². The van der Waals surface area contributed by atoms with Crippen molar-refractivity contribution in [3.8, 4) is 0 Å². The van der Waals surface area contributed by atoms with E-state index in [9.17, 15) is 14.4 Å². The summed E-state index contributed by atoms with van der Waals surface area (Å²) in [6.07, 6.45) is 4.46. The van der Waals surface area contributed by atoms with E-state index in [1.54, 1.807) is 13.2 Å². The lowest BCUT2D eigenvalue weighted by molar-refractivity contribution is -0.135. The Bertz CT molecular complexity index is 697. The number of rotatable bonds is 6. The number of likely N-dealkylation sites (N-methyl/N-ethyl adjacent to an activating group) is 1. The molecule has 1 aromatic heterocycles. The maximum atomic E-state index is 13.0. The third-order valence-electron chi connectivity index (χ3n) is 5.87. The maximum Gasteiger partial charge on any atom is 0.241 e. The molecule has 1 aliphatic carbocycles. The Morgan fingerprint density at radius 3 is 2.62 bits per heavy atom. The van der Waals surface area contributed by atoms with Crippen molar-refractivity contribution in [2.75, 3.05) is 18.9 Å². The fraction of sp³-hybridized carbons (Fsp3) is 0.667.